The Morgan fingerprint density at radius 3 is 1.04 bits per heavy atom. The molecule has 0 spiro atoms. The third-order valence-electron chi connectivity index (χ3n) is 20.2. The molecule has 0 saturated heterocycles. The highest BCUT2D eigenvalue weighted by Crippen LogP contribution is 2.57. The molecule has 0 aliphatic carbocycles. The summed E-state index contributed by atoms with van der Waals surface area (Å²) >= 11 is 0. The van der Waals surface area contributed by atoms with Crippen molar-refractivity contribution >= 4 is 128 Å². The summed E-state index contributed by atoms with van der Waals surface area (Å²) in [5.74, 6) is -0.239. The second kappa shape index (κ2) is 23.7. The zero-order valence-electron chi connectivity index (χ0n) is 54.4. The van der Waals surface area contributed by atoms with Gasteiger partial charge in [0.25, 0.3) is 0 Å². The fourth-order valence-electron chi connectivity index (χ4n) is 15.9. The van der Waals surface area contributed by atoms with Crippen LogP contribution in [-0.2, 0) is 0 Å². The Morgan fingerprint density at radius 2 is 0.596 bits per heavy atom. The van der Waals surface area contributed by atoms with E-state index >= 15 is 0 Å². The van der Waals surface area contributed by atoms with Crippen LogP contribution in [0.25, 0.3) is 82.5 Å². The molecule has 3 aromatic heterocycles. The van der Waals surface area contributed by atoms with Crippen molar-refractivity contribution in [2.24, 2.45) is 0 Å². The minimum atomic E-state index is -0.239. The second-order valence-corrected chi connectivity index (χ2v) is 25.7. The molecule has 7 heteroatoms. The van der Waals surface area contributed by atoms with Gasteiger partial charge in [0.15, 0.2) is 0 Å². The van der Waals surface area contributed by atoms with Gasteiger partial charge in [-0.05, 0) is 181 Å². The van der Waals surface area contributed by atoms with E-state index in [0.29, 0.717) is 0 Å². The largest absolute Gasteiger partial charge is 0.344 e. The number of rotatable bonds is 13. The van der Waals surface area contributed by atoms with E-state index in [2.05, 4.69) is 410 Å². The number of hydrogen-bond acceptors (Lipinski definition) is 4. The van der Waals surface area contributed by atoms with Crippen LogP contribution in [0, 0.1) is 0 Å². The molecule has 1 aliphatic heterocycles. The quantitative estimate of drug-likeness (QED) is 0.115. The van der Waals surface area contributed by atoms with Crippen molar-refractivity contribution in [2.45, 2.75) is 5.92 Å². The van der Waals surface area contributed by atoms with Crippen molar-refractivity contribution in [2.75, 3.05) is 26.6 Å². The van der Waals surface area contributed by atoms with Gasteiger partial charge in [0.2, 0.25) is 0 Å². The molecule has 0 N–H and O–H groups in total. The molecule has 7 nitrogen and oxygen atoms in total. The van der Waals surface area contributed by atoms with E-state index in [4.69, 9.17) is 0 Å². The van der Waals surface area contributed by atoms with E-state index in [1.165, 1.54) is 49.3 Å². The molecule has 0 bridgehead atoms. The molecule has 468 valence electrons. The van der Waals surface area contributed by atoms with Crippen LogP contribution in [0.5, 0.6) is 0 Å². The lowest BCUT2D eigenvalue weighted by molar-refractivity contribution is 0.924. The minimum Gasteiger partial charge on any atom is -0.344 e. The predicted octanol–water partition coefficient (Wildman–Crippen LogP) is 24.6. The molecule has 1 unspecified atom stereocenters. The smallest absolute Gasteiger partial charge is 0.0545 e. The van der Waals surface area contributed by atoms with E-state index in [9.17, 15) is 0 Å². The first-order valence-electron chi connectivity index (χ1n) is 34.0. The molecule has 1 aliphatic rings. The topological polar surface area (TPSA) is 27.8 Å². The first kappa shape index (κ1) is 57.4. The van der Waals surface area contributed by atoms with Crippen molar-refractivity contribution in [1.29, 1.82) is 0 Å². The molecule has 0 amide bonds. The van der Waals surface area contributed by atoms with Crippen molar-refractivity contribution in [3.05, 3.63) is 387 Å². The molecule has 19 rings (SSSR count). The van der Waals surface area contributed by atoms with Crippen LogP contribution >= 0.6 is 0 Å². The van der Waals surface area contributed by atoms with Crippen LogP contribution in [-0.4, -0.2) is 20.7 Å². The minimum absolute atomic E-state index is 0.239. The van der Waals surface area contributed by atoms with Gasteiger partial charge in [0.05, 0.1) is 50.2 Å². The summed E-state index contributed by atoms with van der Waals surface area (Å²) in [6, 6.07) is 136. The van der Waals surface area contributed by atoms with E-state index in [1.54, 1.807) is 0 Å². The summed E-state index contributed by atoms with van der Waals surface area (Å²) in [6.07, 6.45) is 0. The lowest BCUT2D eigenvalue weighted by Gasteiger charge is -2.41. The first-order chi connectivity index (χ1) is 49.1. The van der Waals surface area contributed by atoms with Gasteiger partial charge in [0.1, 0.15) is 0 Å². The van der Waals surface area contributed by atoms with Crippen LogP contribution in [0.1, 0.15) is 22.6 Å². The number of benzene rings is 15. The van der Waals surface area contributed by atoms with Gasteiger partial charge in [-0.15, -0.1) is 0 Å². The standard InChI is InChI=1S/C92H65N7/c1-93(64-28-8-2-9-29-64)89-61-74(99-86-56-53-71(94(65-30-10-3-11-31-65)66-32-12-4-13-33-66)58-80(86)81-59-72(54-57-87(81)99)95(67-34-14-5-15-35-67)68-36-16-6-17-37-68)62-90-92(89)91(63-48-50-70(51-49-63)96-82-44-24-20-40-75(82)76-41-21-25-45-83(76)96)79-55-52-73(60-88(79)97(90)69-38-18-7-19-39-69)98-84-46-26-22-42-77(84)78-43-23-27-47-85(78)98/h2-62,91H,1H3. The number of hydrogen-bond donors (Lipinski definition) is 0. The van der Waals surface area contributed by atoms with Gasteiger partial charge >= 0.3 is 0 Å². The average Bonchev–Trinajstić information content (AvgIpc) is 1.42. The number of fused-ring (bicyclic) bond motifs is 11. The van der Waals surface area contributed by atoms with Crippen molar-refractivity contribution in [1.82, 2.24) is 13.7 Å². The summed E-state index contributed by atoms with van der Waals surface area (Å²) < 4.78 is 7.40. The summed E-state index contributed by atoms with van der Waals surface area (Å²) in [5, 5.41) is 7.18. The van der Waals surface area contributed by atoms with Crippen LogP contribution in [0.15, 0.2) is 370 Å². The molecule has 99 heavy (non-hydrogen) atoms. The highest BCUT2D eigenvalue weighted by Gasteiger charge is 2.38. The van der Waals surface area contributed by atoms with Crippen molar-refractivity contribution < 1.29 is 0 Å². The van der Waals surface area contributed by atoms with E-state index in [0.717, 1.165) is 112 Å². The fourth-order valence-corrected chi connectivity index (χ4v) is 15.9. The second-order valence-electron chi connectivity index (χ2n) is 25.7. The third kappa shape index (κ3) is 9.49. The van der Waals surface area contributed by atoms with Gasteiger partial charge < -0.3 is 33.3 Å². The van der Waals surface area contributed by atoms with Crippen LogP contribution < -0.4 is 19.6 Å². The third-order valence-corrected chi connectivity index (χ3v) is 20.2. The Hall–Kier alpha value is -13.1. The lowest BCUT2D eigenvalue weighted by atomic mass is 9.78. The van der Waals surface area contributed by atoms with E-state index in [-0.39, 0.29) is 5.92 Å². The molecule has 1 atom stereocenters. The molecule has 4 heterocycles. The van der Waals surface area contributed by atoms with Crippen LogP contribution in [0.2, 0.25) is 0 Å². The fraction of sp³-hybridized carbons (Fsp3) is 0.0217. The lowest BCUT2D eigenvalue weighted by Crippen LogP contribution is -2.26. The molecule has 18 aromatic rings. The SMILES string of the molecule is CN(c1ccccc1)c1cc(-n2c3ccc(N(c4ccccc4)c4ccccc4)cc3c3cc(N(c4ccccc4)c4ccccc4)ccc32)cc2c1C(c1ccc(-n3c4ccccc4c4ccccc43)cc1)c1ccc(-n3c4ccccc4c4ccccc43)cc1N2c1ccccc1. The normalized spacial score (nSPS) is 12.8. The van der Waals surface area contributed by atoms with Crippen LogP contribution in [0.3, 0.4) is 0 Å². The average molecular weight is 1270 g/mol. The maximum absolute atomic E-state index is 2.55. The number of aromatic nitrogens is 3. The zero-order valence-corrected chi connectivity index (χ0v) is 54.4. The Labute approximate surface area is 574 Å². The highest BCUT2D eigenvalue weighted by atomic mass is 15.2. The summed E-state index contributed by atoms with van der Waals surface area (Å²) in [4.78, 5) is 9.71. The number of nitrogens with zero attached hydrogens (tertiary/aromatic N) is 7. The molecule has 0 saturated carbocycles. The van der Waals surface area contributed by atoms with Gasteiger partial charge in [-0.25, -0.2) is 0 Å². The monoisotopic (exact) mass is 1270 g/mol. The van der Waals surface area contributed by atoms with E-state index in [1.807, 2.05) is 0 Å². The Morgan fingerprint density at radius 1 is 0.242 bits per heavy atom. The van der Waals surface area contributed by atoms with Crippen molar-refractivity contribution in [3.8, 4) is 17.1 Å². The van der Waals surface area contributed by atoms with Crippen LogP contribution in [0.4, 0.5) is 62.6 Å². The maximum atomic E-state index is 2.55. The van der Waals surface area contributed by atoms with Gasteiger partial charge in [-0.2, -0.15) is 0 Å². The highest BCUT2D eigenvalue weighted by molar-refractivity contribution is 6.14. The summed E-state index contributed by atoms with van der Waals surface area (Å²) in [7, 11) is 2.25. The Balaban J connectivity index is 0.902. The Bertz CT molecular complexity index is 5740. The number of anilines is 11. The molecular weight excluding hydrogens is 1200 g/mol. The maximum Gasteiger partial charge on any atom is 0.0545 e. The molecule has 0 radical (unpaired) electrons. The predicted molar refractivity (Wildman–Crippen MR) is 415 cm³/mol. The first-order valence-corrected chi connectivity index (χ1v) is 34.0. The van der Waals surface area contributed by atoms with Crippen molar-refractivity contribution in [3.63, 3.8) is 0 Å². The van der Waals surface area contributed by atoms with Gasteiger partial charge in [-0.3, -0.25) is 0 Å². The van der Waals surface area contributed by atoms with E-state index < -0.39 is 0 Å². The summed E-state index contributed by atoms with van der Waals surface area (Å²) in [5.41, 5.74) is 25.5. The molecule has 0 fully saturated rings. The molecule has 15 aromatic carbocycles. The van der Waals surface area contributed by atoms with Gasteiger partial charge in [0, 0.05) is 113 Å². The summed E-state index contributed by atoms with van der Waals surface area (Å²) in [6.45, 7) is 0. The Kier molecular flexibility index (Phi) is 13.7. The zero-order chi connectivity index (χ0) is 65.5. The van der Waals surface area contributed by atoms with Gasteiger partial charge in [-0.1, -0.05) is 200 Å². The molecular formula is C92H65N7. The number of para-hydroxylation sites is 10.